The van der Waals surface area contributed by atoms with E-state index in [4.69, 9.17) is 19.3 Å². The molecule has 1 amide bonds. The molecule has 0 unspecified atom stereocenters. The summed E-state index contributed by atoms with van der Waals surface area (Å²) in [4.78, 5) is 23.0. The lowest BCUT2D eigenvalue weighted by molar-refractivity contribution is -0.139. The van der Waals surface area contributed by atoms with Crippen molar-refractivity contribution in [1.82, 2.24) is 5.43 Å². The van der Waals surface area contributed by atoms with Crippen LogP contribution in [0.3, 0.4) is 0 Å². The van der Waals surface area contributed by atoms with Crippen molar-refractivity contribution in [3.63, 3.8) is 0 Å². The zero-order valence-corrected chi connectivity index (χ0v) is 19.4. The zero-order chi connectivity index (χ0) is 22.1. The van der Waals surface area contributed by atoms with Gasteiger partial charge >= 0.3 is 5.97 Å². The molecule has 2 N–H and O–H groups in total. The molecule has 0 spiro atoms. The van der Waals surface area contributed by atoms with Crippen molar-refractivity contribution in [1.29, 1.82) is 0 Å². The zero-order valence-electron chi connectivity index (χ0n) is 16.3. The maximum absolute atomic E-state index is 12.4. The number of benzene rings is 2. The first-order valence-electron chi connectivity index (χ1n) is 8.83. The number of ether oxygens (including phenoxy) is 3. The van der Waals surface area contributed by atoms with Gasteiger partial charge in [-0.25, -0.2) is 10.2 Å². The Morgan fingerprint density at radius 2 is 1.83 bits per heavy atom. The van der Waals surface area contributed by atoms with Crippen LogP contribution in [0.2, 0.25) is 0 Å². The highest BCUT2D eigenvalue weighted by atomic mass is 79.9. The number of hydrazone groups is 1. The summed E-state index contributed by atoms with van der Waals surface area (Å²) in [6, 6.07) is 8.25. The predicted octanol–water partition coefficient (Wildman–Crippen LogP) is 4.24. The van der Waals surface area contributed by atoms with Crippen LogP contribution >= 0.6 is 31.9 Å². The molecular weight excluding hydrogens is 524 g/mol. The predicted molar refractivity (Wildman–Crippen MR) is 119 cm³/mol. The molecule has 8 nitrogen and oxygen atoms in total. The van der Waals surface area contributed by atoms with Crippen molar-refractivity contribution in [2.75, 3.05) is 20.3 Å². The van der Waals surface area contributed by atoms with Gasteiger partial charge in [-0.2, -0.15) is 5.10 Å². The molecule has 0 aliphatic rings. The molecule has 10 heteroatoms. The van der Waals surface area contributed by atoms with Crippen LogP contribution in [-0.4, -0.2) is 43.5 Å². The highest BCUT2D eigenvalue weighted by Crippen LogP contribution is 2.34. The quantitative estimate of drug-likeness (QED) is 0.343. The fourth-order valence-electron chi connectivity index (χ4n) is 2.30. The summed E-state index contributed by atoms with van der Waals surface area (Å²) in [5, 5.41) is 12.7. The maximum atomic E-state index is 12.4. The topological polar surface area (TPSA) is 106 Å². The van der Waals surface area contributed by atoms with Crippen LogP contribution in [0, 0.1) is 0 Å². The summed E-state index contributed by atoms with van der Waals surface area (Å²) < 4.78 is 17.1. The van der Waals surface area contributed by atoms with Crippen molar-refractivity contribution in [3.05, 3.63) is 50.4 Å². The number of halogens is 2. The number of nitrogens with zero attached hydrogens (tertiary/aromatic N) is 1. The Balaban J connectivity index is 2.06. The van der Waals surface area contributed by atoms with E-state index in [2.05, 4.69) is 42.4 Å². The smallest absolute Gasteiger partial charge is 0.341 e. The number of rotatable bonds is 10. The summed E-state index contributed by atoms with van der Waals surface area (Å²) in [7, 11) is 1.51. The summed E-state index contributed by atoms with van der Waals surface area (Å²) in [5.41, 5.74) is 3.47. The number of carbonyl (C=O) groups is 2. The third-order valence-electron chi connectivity index (χ3n) is 3.63. The second-order valence-corrected chi connectivity index (χ2v) is 7.62. The van der Waals surface area contributed by atoms with Crippen LogP contribution in [0.15, 0.2) is 44.4 Å². The molecule has 0 aliphatic carbocycles. The average molecular weight is 544 g/mol. The molecular formula is C20H20Br2N2O6. The first-order valence-corrected chi connectivity index (χ1v) is 10.4. The third-order valence-corrected chi connectivity index (χ3v) is 4.81. The summed E-state index contributed by atoms with van der Waals surface area (Å²) in [5.74, 6) is -0.102. The Kier molecular flexibility index (Phi) is 9.13. The van der Waals surface area contributed by atoms with Gasteiger partial charge in [0.15, 0.2) is 18.1 Å². The Labute approximate surface area is 190 Å². The fraction of sp³-hybridized carbons (Fsp3) is 0.250. The SMILES string of the molecule is CCCOc1ccc(C(=O)N/N=C/c2cc(Br)c(OCC(=O)O)c(Br)c2)cc1OC. The van der Waals surface area contributed by atoms with Crippen LogP contribution in [-0.2, 0) is 4.79 Å². The molecule has 0 aliphatic heterocycles. The Morgan fingerprint density at radius 3 is 2.43 bits per heavy atom. The summed E-state index contributed by atoms with van der Waals surface area (Å²) in [6.07, 6.45) is 2.31. The maximum Gasteiger partial charge on any atom is 0.341 e. The fourth-order valence-corrected chi connectivity index (χ4v) is 3.75. The number of hydrogen-bond donors (Lipinski definition) is 2. The van der Waals surface area contributed by atoms with E-state index in [9.17, 15) is 9.59 Å². The monoisotopic (exact) mass is 542 g/mol. The van der Waals surface area contributed by atoms with Gasteiger partial charge in [0.1, 0.15) is 5.75 Å². The van der Waals surface area contributed by atoms with Gasteiger partial charge in [-0.05, 0) is 74.2 Å². The molecule has 2 aromatic rings. The van der Waals surface area contributed by atoms with E-state index in [1.807, 2.05) is 6.92 Å². The first kappa shape index (κ1) is 23.7. The van der Waals surface area contributed by atoms with E-state index >= 15 is 0 Å². The van der Waals surface area contributed by atoms with Gasteiger partial charge in [0.05, 0.1) is 28.9 Å². The second-order valence-electron chi connectivity index (χ2n) is 5.91. The van der Waals surface area contributed by atoms with E-state index in [1.165, 1.54) is 13.3 Å². The van der Waals surface area contributed by atoms with Crippen molar-refractivity contribution in [2.24, 2.45) is 5.10 Å². The number of nitrogens with one attached hydrogen (secondary N) is 1. The van der Waals surface area contributed by atoms with Crippen molar-refractivity contribution < 1.29 is 28.9 Å². The summed E-state index contributed by atoms with van der Waals surface area (Å²) >= 11 is 6.65. The van der Waals surface area contributed by atoms with E-state index in [0.717, 1.165) is 6.42 Å². The minimum absolute atomic E-state index is 0.357. The van der Waals surface area contributed by atoms with Gasteiger partial charge < -0.3 is 19.3 Å². The van der Waals surface area contributed by atoms with Crippen LogP contribution in [0.4, 0.5) is 0 Å². The van der Waals surface area contributed by atoms with Crippen LogP contribution < -0.4 is 19.6 Å². The Bertz CT molecular complexity index is 926. The molecule has 0 saturated heterocycles. The van der Waals surface area contributed by atoms with E-state index in [-0.39, 0.29) is 0 Å². The number of carboxylic acid groups (broad SMARTS) is 1. The van der Waals surface area contributed by atoms with Gasteiger partial charge in [0.25, 0.3) is 5.91 Å². The molecule has 0 saturated carbocycles. The van der Waals surface area contributed by atoms with Crippen LogP contribution in [0.5, 0.6) is 17.2 Å². The normalized spacial score (nSPS) is 10.7. The lowest BCUT2D eigenvalue weighted by Crippen LogP contribution is -2.17. The minimum atomic E-state index is -1.08. The lowest BCUT2D eigenvalue weighted by Gasteiger charge is -2.11. The van der Waals surface area contributed by atoms with Gasteiger partial charge in [-0.3, -0.25) is 4.79 Å². The number of amides is 1. The first-order chi connectivity index (χ1) is 14.3. The van der Waals surface area contributed by atoms with Gasteiger partial charge in [-0.15, -0.1) is 0 Å². The highest BCUT2D eigenvalue weighted by Gasteiger charge is 2.12. The molecule has 0 atom stereocenters. The molecule has 0 bridgehead atoms. The molecule has 0 radical (unpaired) electrons. The summed E-state index contributed by atoms with van der Waals surface area (Å²) in [6.45, 7) is 2.09. The highest BCUT2D eigenvalue weighted by molar-refractivity contribution is 9.11. The molecule has 0 fully saturated rings. The number of hydrogen-bond acceptors (Lipinski definition) is 6. The number of carbonyl (C=O) groups excluding carboxylic acids is 1. The van der Waals surface area contributed by atoms with Gasteiger partial charge in [-0.1, -0.05) is 6.92 Å². The van der Waals surface area contributed by atoms with Crippen molar-refractivity contribution in [2.45, 2.75) is 13.3 Å². The Hall–Kier alpha value is -2.59. The minimum Gasteiger partial charge on any atom is -0.493 e. The number of aliphatic carboxylic acids is 1. The standard InChI is InChI=1S/C20H20Br2N2O6/c1-3-6-29-16-5-4-13(9-17(16)28-2)20(27)24-23-10-12-7-14(21)19(15(22)8-12)30-11-18(25)26/h4-5,7-10H,3,6,11H2,1-2H3,(H,24,27)(H,25,26)/b23-10+. The van der Waals surface area contributed by atoms with Crippen molar-refractivity contribution >= 4 is 50.0 Å². The molecule has 0 heterocycles. The van der Waals surface area contributed by atoms with Crippen LogP contribution in [0.25, 0.3) is 0 Å². The van der Waals surface area contributed by atoms with Crippen LogP contribution in [0.1, 0.15) is 29.3 Å². The molecule has 160 valence electrons. The average Bonchev–Trinajstić information content (AvgIpc) is 2.71. The molecule has 2 rings (SSSR count). The lowest BCUT2D eigenvalue weighted by atomic mass is 10.2. The Morgan fingerprint density at radius 1 is 1.13 bits per heavy atom. The largest absolute Gasteiger partial charge is 0.493 e. The molecule has 2 aromatic carbocycles. The third kappa shape index (κ3) is 6.74. The van der Waals surface area contributed by atoms with Gasteiger partial charge in [0.2, 0.25) is 0 Å². The van der Waals surface area contributed by atoms with Gasteiger partial charge in [0, 0.05) is 5.56 Å². The second kappa shape index (κ2) is 11.6. The molecule has 30 heavy (non-hydrogen) atoms. The van der Waals surface area contributed by atoms with E-state index < -0.39 is 18.5 Å². The number of carboxylic acids is 1. The molecule has 0 aromatic heterocycles. The van der Waals surface area contributed by atoms with Crippen molar-refractivity contribution in [3.8, 4) is 17.2 Å². The number of methoxy groups -OCH3 is 1. The van der Waals surface area contributed by atoms with E-state index in [1.54, 1.807) is 30.3 Å². The van der Waals surface area contributed by atoms with E-state index in [0.29, 0.717) is 43.9 Å².